The molecule has 1 aromatic rings. The molecule has 1 amide bonds. The number of rotatable bonds is 8. The summed E-state index contributed by atoms with van der Waals surface area (Å²) in [5.41, 5.74) is 0.770. The lowest BCUT2D eigenvalue weighted by atomic mass is 10.0. The number of carbonyl (C=O) groups excluding carboxylic acids is 1. The molecular formula is C18H27BrN2O2. The maximum Gasteiger partial charge on any atom is 0.407 e. The fraction of sp³-hybridized carbons (Fsp3) is 0.500. The van der Waals surface area contributed by atoms with E-state index >= 15 is 0 Å². The summed E-state index contributed by atoms with van der Waals surface area (Å²) < 4.78 is 6.27. The van der Waals surface area contributed by atoms with E-state index in [0.29, 0.717) is 6.54 Å². The molecule has 0 spiro atoms. The molecule has 0 saturated carbocycles. The van der Waals surface area contributed by atoms with Crippen LogP contribution in [0.2, 0.25) is 0 Å². The molecule has 0 aliphatic rings. The Labute approximate surface area is 147 Å². The highest BCUT2D eigenvalue weighted by atomic mass is 79.9. The number of amides is 1. The molecule has 4 nitrogen and oxygen atoms in total. The second-order valence-electron chi connectivity index (χ2n) is 6.36. The van der Waals surface area contributed by atoms with Crippen molar-refractivity contribution < 1.29 is 9.53 Å². The molecule has 0 radical (unpaired) electrons. The zero-order chi connectivity index (χ0) is 17.3. The van der Waals surface area contributed by atoms with Gasteiger partial charge in [0.1, 0.15) is 5.60 Å². The van der Waals surface area contributed by atoms with Gasteiger partial charge < -0.3 is 15.4 Å². The zero-order valence-corrected chi connectivity index (χ0v) is 15.8. The molecule has 23 heavy (non-hydrogen) atoms. The summed E-state index contributed by atoms with van der Waals surface area (Å²) >= 11 is 3.45. The van der Waals surface area contributed by atoms with E-state index in [1.165, 1.54) is 5.56 Å². The molecule has 128 valence electrons. The van der Waals surface area contributed by atoms with Crippen LogP contribution in [0.3, 0.4) is 0 Å². The molecule has 2 N–H and O–H groups in total. The van der Waals surface area contributed by atoms with E-state index in [-0.39, 0.29) is 12.1 Å². The van der Waals surface area contributed by atoms with Crippen molar-refractivity contribution in [2.75, 3.05) is 13.1 Å². The Bertz CT molecular complexity index is 495. The van der Waals surface area contributed by atoms with Crippen molar-refractivity contribution in [2.45, 2.75) is 45.3 Å². The molecule has 0 unspecified atom stereocenters. The Hall–Kier alpha value is -1.33. The van der Waals surface area contributed by atoms with Gasteiger partial charge in [-0.05, 0) is 57.9 Å². The average molecular weight is 383 g/mol. The van der Waals surface area contributed by atoms with Gasteiger partial charge >= 0.3 is 6.09 Å². The summed E-state index contributed by atoms with van der Waals surface area (Å²) in [5.74, 6) is 0. The minimum Gasteiger partial charge on any atom is -0.444 e. The highest BCUT2D eigenvalue weighted by Gasteiger charge is 2.15. The molecule has 0 aliphatic carbocycles. The summed E-state index contributed by atoms with van der Waals surface area (Å²) in [4.78, 5) is 11.5. The summed E-state index contributed by atoms with van der Waals surface area (Å²) in [6, 6.07) is 8.52. The van der Waals surface area contributed by atoms with Crippen molar-refractivity contribution >= 4 is 22.0 Å². The van der Waals surface area contributed by atoms with E-state index in [0.717, 1.165) is 23.9 Å². The van der Waals surface area contributed by atoms with Crippen LogP contribution in [-0.2, 0) is 4.74 Å². The third kappa shape index (κ3) is 8.77. The van der Waals surface area contributed by atoms with Crippen molar-refractivity contribution in [1.82, 2.24) is 10.6 Å². The monoisotopic (exact) mass is 382 g/mol. The summed E-state index contributed by atoms with van der Waals surface area (Å²) in [5, 5.41) is 6.26. The maximum atomic E-state index is 11.5. The Balaban J connectivity index is 2.32. The van der Waals surface area contributed by atoms with Crippen molar-refractivity contribution in [2.24, 2.45) is 0 Å². The van der Waals surface area contributed by atoms with Crippen LogP contribution in [0, 0.1) is 0 Å². The summed E-state index contributed by atoms with van der Waals surface area (Å²) in [7, 11) is 0. The molecule has 1 rings (SSSR count). The highest BCUT2D eigenvalue weighted by Crippen LogP contribution is 2.19. The Kier molecular flexibility index (Phi) is 8.34. The first kappa shape index (κ1) is 19.7. The fourth-order valence-electron chi connectivity index (χ4n) is 2.07. The summed E-state index contributed by atoms with van der Waals surface area (Å²) in [6.07, 6.45) is 3.25. The predicted molar refractivity (Wildman–Crippen MR) is 98.6 cm³/mol. The van der Waals surface area contributed by atoms with E-state index < -0.39 is 5.60 Å². The Morgan fingerprint density at radius 3 is 2.52 bits per heavy atom. The quantitative estimate of drug-likeness (QED) is 0.511. The molecule has 0 bridgehead atoms. The van der Waals surface area contributed by atoms with E-state index in [9.17, 15) is 4.79 Å². The lowest BCUT2D eigenvalue weighted by molar-refractivity contribution is 0.0527. The fourth-order valence-corrected chi connectivity index (χ4v) is 2.33. The van der Waals surface area contributed by atoms with Crippen LogP contribution in [-0.4, -0.2) is 24.8 Å². The lowest BCUT2D eigenvalue weighted by Crippen LogP contribution is -2.34. The molecule has 1 atom stereocenters. The first-order valence-electron chi connectivity index (χ1n) is 7.88. The van der Waals surface area contributed by atoms with Gasteiger partial charge in [0.05, 0.1) is 0 Å². The van der Waals surface area contributed by atoms with Crippen LogP contribution < -0.4 is 10.6 Å². The third-order valence-electron chi connectivity index (χ3n) is 3.09. The van der Waals surface area contributed by atoms with Gasteiger partial charge in [-0.25, -0.2) is 4.79 Å². The van der Waals surface area contributed by atoms with Crippen LogP contribution in [0.4, 0.5) is 4.79 Å². The highest BCUT2D eigenvalue weighted by molar-refractivity contribution is 9.10. The second-order valence-corrected chi connectivity index (χ2v) is 7.28. The normalized spacial score (nSPS) is 12.5. The molecule has 1 aromatic carbocycles. The molecule has 0 heterocycles. The van der Waals surface area contributed by atoms with Crippen LogP contribution in [0.1, 0.15) is 45.2 Å². The molecule has 0 aromatic heterocycles. The predicted octanol–water partition coefficient (Wildman–Crippen LogP) is 4.57. The zero-order valence-electron chi connectivity index (χ0n) is 14.2. The number of hydrogen-bond acceptors (Lipinski definition) is 3. The topological polar surface area (TPSA) is 50.4 Å². The van der Waals surface area contributed by atoms with E-state index in [2.05, 4.69) is 45.3 Å². The van der Waals surface area contributed by atoms with Crippen molar-refractivity contribution in [3.05, 3.63) is 47.0 Å². The van der Waals surface area contributed by atoms with Crippen molar-refractivity contribution in [3.8, 4) is 0 Å². The summed E-state index contributed by atoms with van der Waals surface area (Å²) in [6.45, 7) is 10.8. The van der Waals surface area contributed by atoms with E-state index in [1.54, 1.807) is 0 Å². The number of ether oxygens (including phenoxy) is 1. The van der Waals surface area contributed by atoms with Crippen LogP contribution >= 0.6 is 15.9 Å². The Morgan fingerprint density at radius 1 is 1.30 bits per heavy atom. The van der Waals surface area contributed by atoms with E-state index in [1.807, 2.05) is 39.0 Å². The number of nitrogens with one attached hydrogen (secondary N) is 2. The Morgan fingerprint density at radius 2 is 1.96 bits per heavy atom. The van der Waals surface area contributed by atoms with Crippen molar-refractivity contribution in [1.29, 1.82) is 0 Å². The number of benzene rings is 1. The largest absolute Gasteiger partial charge is 0.444 e. The molecule has 0 saturated heterocycles. The second kappa shape index (κ2) is 9.73. The molecule has 5 heteroatoms. The van der Waals surface area contributed by atoms with Gasteiger partial charge in [0.15, 0.2) is 0 Å². The third-order valence-corrected chi connectivity index (χ3v) is 3.62. The van der Waals surface area contributed by atoms with Crippen LogP contribution in [0.15, 0.2) is 41.4 Å². The lowest BCUT2D eigenvalue weighted by Gasteiger charge is -2.20. The van der Waals surface area contributed by atoms with Gasteiger partial charge in [0.25, 0.3) is 0 Å². The minimum atomic E-state index is -0.459. The maximum absolute atomic E-state index is 11.5. The van der Waals surface area contributed by atoms with Gasteiger partial charge in [-0.1, -0.05) is 34.1 Å². The molecular weight excluding hydrogens is 356 g/mol. The average Bonchev–Trinajstić information content (AvgIpc) is 2.45. The van der Waals surface area contributed by atoms with Gasteiger partial charge in [0, 0.05) is 17.1 Å². The van der Waals surface area contributed by atoms with Gasteiger partial charge in [-0.3, -0.25) is 0 Å². The van der Waals surface area contributed by atoms with Gasteiger partial charge in [-0.15, -0.1) is 6.58 Å². The van der Waals surface area contributed by atoms with Crippen LogP contribution in [0.25, 0.3) is 0 Å². The minimum absolute atomic E-state index is 0.238. The number of carbonyl (C=O) groups is 1. The standard InChI is InChI=1S/C18H27BrN2O2/c1-5-7-16(14-8-10-15(19)11-9-14)20-12-6-13-21-17(22)23-18(2,3)4/h5,8-11,16,20H,1,6-7,12-13H2,2-4H3,(H,21,22)/t16-/m0/s1. The van der Waals surface area contributed by atoms with Crippen LogP contribution in [0.5, 0.6) is 0 Å². The van der Waals surface area contributed by atoms with Crippen molar-refractivity contribution in [3.63, 3.8) is 0 Å². The molecule has 0 fully saturated rings. The SMILES string of the molecule is C=CC[C@H](NCCCNC(=O)OC(C)(C)C)c1ccc(Br)cc1. The number of hydrogen-bond donors (Lipinski definition) is 2. The first-order valence-corrected chi connectivity index (χ1v) is 8.67. The van der Waals surface area contributed by atoms with Gasteiger partial charge in [0.2, 0.25) is 0 Å². The number of alkyl carbamates (subject to hydrolysis) is 1. The molecule has 0 aliphatic heterocycles. The first-order chi connectivity index (χ1) is 10.8. The van der Waals surface area contributed by atoms with Gasteiger partial charge in [-0.2, -0.15) is 0 Å². The smallest absolute Gasteiger partial charge is 0.407 e. The number of halogens is 1. The van der Waals surface area contributed by atoms with E-state index in [4.69, 9.17) is 4.74 Å².